The summed E-state index contributed by atoms with van der Waals surface area (Å²) in [4.78, 5) is 15.0. The highest BCUT2D eigenvalue weighted by atomic mass is 16.5. The Bertz CT molecular complexity index is 941. The van der Waals surface area contributed by atoms with Gasteiger partial charge in [0.05, 0.1) is 13.2 Å². The number of benzene rings is 2. The molecule has 3 rings (SSSR count). The highest BCUT2D eigenvalue weighted by molar-refractivity contribution is 5.59. The van der Waals surface area contributed by atoms with Crippen LogP contribution >= 0.6 is 0 Å². The molecule has 0 amide bonds. The molecule has 0 saturated heterocycles. The van der Waals surface area contributed by atoms with Crippen LogP contribution < -0.4 is 20.3 Å². The van der Waals surface area contributed by atoms with E-state index in [4.69, 9.17) is 9.47 Å². The van der Waals surface area contributed by atoms with E-state index in [1.54, 1.807) is 6.07 Å². The molecule has 0 aliphatic rings. The molecule has 0 aliphatic heterocycles. The summed E-state index contributed by atoms with van der Waals surface area (Å²) < 4.78 is 11.2. The van der Waals surface area contributed by atoms with Gasteiger partial charge in [0.25, 0.3) is 5.56 Å². The largest absolute Gasteiger partial charge is 0.490 e. The molecular formula is C20H22N4O3. The van der Waals surface area contributed by atoms with E-state index in [-0.39, 0.29) is 11.5 Å². The van der Waals surface area contributed by atoms with Gasteiger partial charge in [0.15, 0.2) is 11.5 Å². The van der Waals surface area contributed by atoms with Gasteiger partial charge in [-0.25, -0.2) is 0 Å². The first kappa shape index (κ1) is 18.4. The predicted molar refractivity (Wildman–Crippen MR) is 104 cm³/mol. The van der Waals surface area contributed by atoms with E-state index < -0.39 is 0 Å². The highest BCUT2D eigenvalue weighted by Crippen LogP contribution is 2.31. The van der Waals surface area contributed by atoms with Gasteiger partial charge in [-0.2, -0.15) is 0 Å². The quantitative estimate of drug-likeness (QED) is 0.636. The topological polar surface area (TPSA) is 89.1 Å². The van der Waals surface area contributed by atoms with E-state index in [1.807, 2.05) is 56.3 Å². The van der Waals surface area contributed by atoms with Gasteiger partial charge in [-0.05, 0) is 31.5 Å². The first-order valence-corrected chi connectivity index (χ1v) is 8.86. The minimum absolute atomic E-state index is 0.267. The zero-order valence-corrected chi connectivity index (χ0v) is 15.4. The van der Waals surface area contributed by atoms with Crippen molar-refractivity contribution in [2.24, 2.45) is 0 Å². The zero-order chi connectivity index (χ0) is 19.1. The molecule has 0 saturated carbocycles. The Kier molecular flexibility index (Phi) is 6.04. The summed E-state index contributed by atoms with van der Waals surface area (Å²) in [6, 6.07) is 15.1. The molecule has 27 heavy (non-hydrogen) atoms. The molecule has 140 valence electrons. The molecular weight excluding hydrogens is 344 g/mol. The molecule has 0 bridgehead atoms. The Labute approximate surface area is 157 Å². The van der Waals surface area contributed by atoms with Gasteiger partial charge >= 0.3 is 0 Å². The summed E-state index contributed by atoms with van der Waals surface area (Å²) >= 11 is 0. The summed E-state index contributed by atoms with van der Waals surface area (Å²) in [5.41, 5.74) is 1.81. The summed E-state index contributed by atoms with van der Waals surface area (Å²) in [6.07, 6.45) is 0.432. The molecule has 0 spiro atoms. The van der Waals surface area contributed by atoms with Crippen molar-refractivity contribution in [2.45, 2.75) is 20.3 Å². The molecule has 3 aromatic rings. The summed E-state index contributed by atoms with van der Waals surface area (Å²) in [5.74, 6) is 1.56. The van der Waals surface area contributed by atoms with E-state index in [0.29, 0.717) is 42.5 Å². The second-order valence-corrected chi connectivity index (χ2v) is 5.76. The van der Waals surface area contributed by atoms with Gasteiger partial charge in [0.1, 0.15) is 5.69 Å². The fourth-order valence-electron chi connectivity index (χ4n) is 2.59. The average Bonchev–Trinajstić information content (AvgIpc) is 2.67. The van der Waals surface area contributed by atoms with Crippen LogP contribution in [-0.4, -0.2) is 28.4 Å². The summed E-state index contributed by atoms with van der Waals surface area (Å²) in [6.45, 7) is 4.90. The van der Waals surface area contributed by atoms with Crippen LogP contribution in [0.4, 0.5) is 11.6 Å². The number of hydrogen-bond acceptors (Lipinski definition) is 6. The summed E-state index contributed by atoms with van der Waals surface area (Å²) in [5, 5.41) is 11.2. The van der Waals surface area contributed by atoms with E-state index in [0.717, 1.165) is 5.56 Å². The maximum absolute atomic E-state index is 12.3. The fraction of sp³-hybridized carbons (Fsp3) is 0.250. The third-order valence-electron chi connectivity index (χ3n) is 3.79. The maximum Gasteiger partial charge on any atom is 0.274 e. The third-order valence-corrected chi connectivity index (χ3v) is 3.79. The van der Waals surface area contributed by atoms with Gasteiger partial charge in [0.2, 0.25) is 5.95 Å². The second kappa shape index (κ2) is 8.84. The van der Waals surface area contributed by atoms with Crippen molar-refractivity contribution in [1.82, 2.24) is 15.2 Å². The van der Waals surface area contributed by atoms with Crippen molar-refractivity contribution in [3.05, 3.63) is 70.1 Å². The van der Waals surface area contributed by atoms with E-state index in [9.17, 15) is 4.79 Å². The third kappa shape index (κ3) is 4.84. The molecule has 0 unspecified atom stereocenters. The van der Waals surface area contributed by atoms with Gasteiger partial charge in [-0.3, -0.25) is 9.78 Å². The SMILES string of the molecule is CCOc1ccc(Nc2nnc(Cc3ccccc3)c(=O)[nH]2)cc1OCC. The Hall–Kier alpha value is -3.35. The van der Waals surface area contributed by atoms with Gasteiger partial charge in [0, 0.05) is 18.2 Å². The van der Waals surface area contributed by atoms with Gasteiger partial charge < -0.3 is 14.8 Å². The maximum atomic E-state index is 12.3. The van der Waals surface area contributed by atoms with Crippen LogP contribution in [-0.2, 0) is 6.42 Å². The standard InChI is InChI=1S/C20H22N4O3/c1-3-26-17-11-10-15(13-18(17)27-4-2)21-20-22-19(25)16(23-24-20)12-14-8-6-5-7-9-14/h5-11,13H,3-4,12H2,1-2H3,(H2,21,22,24,25). The van der Waals surface area contributed by atoms with Crippen LogP contribution in [0.1, 0.15) is 25.1 Å². The molecule has 2 aromatic carbocycles. The van der Waals surface area contributed by atoms with Crippen LogP contribution in [0.25, 0.3) is 0 Å². The summed E-state index contributed by atoms with van der Waals surface area (Å²) in [7, 11) is 0. The molecule has 2 N–H and O–H groups in total. The Morgan fingerprint density at radius 2 is 1.70 bits per heavy atom. The van der Waals surface area contributed by atoms with Gasteiger partial charge in [-0.1, -0.05) is 30.3 Å². The van der Waals surface area contributed by atoms with Crippen LogP contribution in [0.3, 0.4) is 0 Å². The van der Waals surface area contributed by atoms with E-state index >= 15 is 0 Å². The number of H-pyrrole nitrogens is 1. The number of rotatable bonds is 8. The van der Waals surface area contributed by atoms with Crippen LogP contribution in [0.5, 0.6) is 11.5 Å². The number of anilines is 2. The highest BCUT2D eigenvalue weighted by Gasteiger charge is 2.09. The zero-order valence-electron chi connectivity index (χ0n) is 15.4. The Balaban J connectivity index is 1.77. The lowest BCUT2D eigenvalue weighted by atomic mass is 10.1. The van der Waals surface area contributed by atoms with Crippen LogP contribution in [0.15, 0.2) is 53.3 Å². The average molecular weight is 366 g/mol. The van der Waals surface area contributed by atoms with E-state index in [1.165, 1.54) is 0 Å². The lowest BCUT2D eigenvalue weighted by Gasteiger charge is -2.13. The van der Waals surface area contributed by atoms with Crippen molar-refractivity contribution < 1.29 is 9.47 Å². The van der Waals surface area contributed by atoms with Crippen molar-refractivity contribution in [3.63, 3.8) is 0 Å². The number of nitrogens with one attached hydrogen (secondary N) is 2. The molecule has 0 aliphatic carbocycles. The van der Waals surface area contributed by atoms with Crippen molar-refractivity contribution in [2.75, 3.05) is 18.5 Å². The minimum atomic E-state index is -0.271. The van der Waals surface area contributed by atoms with E-state index in [2.05, 4.69) is 20.5 Å². The first-order valence-electron chi connectivity index (χ1n) is 8.86. The number of aromatic amines is 1. The monoisotopic (exact) mass is 366 g/mol. The number of aromatic nitrogens is 3. The van der Waals surface area contributed by atoms with Crippen LogP contribution in [0.2, 0.25) is 0 Å². The van der Waals surface area contributed by atoms with Crippen molar-refractivity contribution in [3.8, 4) is 11.5 Å². The molecule has 1 heterocycles. The lowest BCUT2D eigenvalue weighted by molar-refractivity contribution is 0.288. The second-order valence-electron chi connectivity index (χ2n) is 5.76. The Morgan fingerprint density at radius 1 is 0.963 bits per heavy atom. The first-order chi connectivity index (χ1) is 13.2. The molecule has 7 nitrogen and oxygen atoms in total. The smallest absolute Gasteiger partial charge is 0.274 e. The minimum Gasteiger partial charge on any atom is -0.490 e. The molecule has 0 atom stereocenters. The molecule has 7 heteroatoms. The van der Waals surface area contributed by atoms with Crippen LogP contribution in [0, 0.1) is 0 Å². The van der Waals surface area contributed by atoms with Crippen molar-refractivity contribution in [1.29, 1.82) is 0 Å². The van der Waals surface area contributed by atoms with Crippen molar-refractivity contribution >= 4 is 11.6 Å². The number of nitrogens with zero attached hydrogens (tertiary/aromatic N) is 2. The predicted octanol–water partition coefficient (Wildman–Crippen LogP) is 3.30. The number of ether oxygens (including phenoxy) is 2. The molecule has 1 aromatic heterocycles. The normalized spacial score (nSPS) is 10.4. The molecule has 0 radical (unpaired) electrons. The van der Waals surface area contributed by atoms with Gasteiger partial charge in [-0.15, -0.1) is 10.2 Å². The fourth-order valence-corrected chi connectivity index (χ4v) is 2.59. The lowest BCUT2D eigenvalue weighted by Crippen LogP contribution is -2.18. The Morgan fingerprint density at radius 3 is 2.41 bits per heavy atom. The molecule has 0 fully saturated rings. The number of hydrogen-bond donors (Lipinski definition) is 2.